The van der Waals surface area contributed by atoms with Gasteiger partial charge in [-0.25, -0.2) is 0 Å². The summed E-state index contributed by atoms with van der Waals surface area (Å²) < 4.78 is 0. The normalized spacial score (nSPS) is 13.3. The fraction of sp³-hybridized carbons (Fsp3) is 0.211. The second kappa shape index (κ2) is 5.30. The first-order valence-electron chi connectivity index (χ1n) is 7.63. The summed E-state index contributed by atoms with van der Waals surface area (Å²) in [7, 11) is 0. The predicted octanol–water partition coefficient (Wildman–Crippen LogP) is 3.30. The third-order valence-corrected chi connectivity index (χ3v) is 3.99. The maximum absolute atomic E-state index is 12.4. The molecule has 0 saturated carbocycles. The number of hydrogen-bond donors (Lipinski definition) is 2. The Morgan fingerprint density at radius 1 is 0.875 bits per heavy atom. The molecule has 3 rings (SSSR count). The lowest BCUT2D eigenvalue weighted by Crippen LogP contribution is -2.28. The van der Waals surface area contributed by atoms with Crippen LogP contribution in [0.3, 0.4) is 0 Å². The molecule has 0 bridgehead atoms. The van der Waals surface area contributed by atoms with Crippen molar-refractivity contribution in [2.24, 2.45) is 5.41 Å². The summed E-state index contributed by atoms with van der Waals surface area (Å²) in [6.07, 6.45) is 0. The minimum absolute atomic E-state index is 0.165. The number of amides is 1. The van der Waals surface area contributed by atoms with E-state index < -0.39 is 17.0 Å². The average Bonchev–Trinajstić information content (AvgIpc) is 2.51. The fourth-order valence-corrected chi connectivity index (χ4v) is 2.59. The molecule has 2 aromatic carbocycles. The predicted molar refractivity (Wildman–Crippen MR) is 93.0 cm³/mol. The van der Waals surface area contributed by atoms with E-state index in [2.05, 4.69) is 5.32 Å². The quantitative estimate of drug-likeness (QED) is 0.623. The number of anilines is 2. The van der Waals surface area contributed by atoms with Crippen LogP contribution < -0.4 is 11.1 Å². The van der Waals surface area contributed by atoms with Crippen LogP contribution in [0.4, 0.5) is 11.4 Å². The molecule has 0 aliphatic heterocycles. The van der Waals surface area contributed by atoms with Gasteiger partial charge in [-0.2, -0.15) is 0 Å². The molecule has 0 saturated heterocycles. The number of carbonyl (C=O) groups is 3. The molecule has 122 valence electrons. The molecule has 0 spiro atoms. The maximum Gasteiger partial charge on any atom is 0.234 e. The van der Waals surface area contributed by atoms with Crippen LogP contribution in [0.25, 0.3) is 11.1 Å². The van der Waals surface area contributed by atoms with Crippen LogP contribution in [-0.4, -0.2) is 17.5 Å². The first-order chi connectivity index (χ1) is 11.2. The number of nitrogen functional groups attached to an aromatic ring is 1. The van der Waals surface area contributed by atoms with Crippen LogP contribution in [0.1, 0.15) is 41.5 Å². The molecule has 0 atom stereocenters. The molecule has 5 heteroatoms. The Hall–Kier alpha value is -2.95. The second-order valence-electron chi connectivity index (χ2n) is 6.93. The van der Waals surface area contributed by atoms with Gasteiger partial charge < -0.3 is 11.1 Å². The highest BCUT2D eigenvalue weighted by molar-refractivity contribution is 6.53. The van der Waals surface area contributed by atoms with Gasteiger partial charge in [-0.15, -0.1) is 0 Å². The topological polar surface area (TPSA) is 89.3 Å². The van der Waals surface area contributed by atoms with Crippen molar-refractivity contribution < 1.29 is 14.4 Å². The highest BCUT2D eigenvalue weighted by Gasteiger charge is 2.31. The van der Waals surface area contributed by atoms with Gasteiger partial charge in [0.05, 0.1) is 0 Å². The van der Waals surface area contributed by atoms with Crippen LogP contribution in [0.5, 0.6) is 0 Å². The number of nitrogens with one attached hydrogen (secondary N) is 1. The van der Waals surface area contributed by atoms with Gasteiger partial charge in [-0.1, -0.05) is 26.8 Å². The van der Waals surface area contributed by atoms with Crippen molar-refractivity contribution >= 4 is 28.8 Å². The summed E-state index contributed by atoms with van der Waals surface area (Å²) >= 11 is 0. The lowest BCUT2D eigenvalue weighted by molar-refractivity contribution is -0.123. The van der Waals surface area contributed by atoms with E-state index in [0.29, 0.717) is 28.1 Å². The monoisotopic (exact) mass is 322 g/mol. The Kier molecular flexibility index (Phi) is 3.52. The standard InChI is InChI=1S/C19H18N2O3/c1-19(2,3)18(24)21-11-5-7-12-14-8-10(20)4-6-13(14)16(22)17(23)15(12)9-11/h4-9H,20H2,1-3H3,(H,21,24). The summed E-state index contributed by atoms with van der Waals surface area (Å²) in [5, 5.41) is 2.78. The van der Waals surface area contributed by atoms with Crippen molar-refractivity contribution in [2.75, 3.05) is 11.1 Å². The molecule has 0 radical (unpaired) electrons. The zero-order valence-electron chi connectivity index (χ0n) is 13.8. The SMILES string of the molecule is CC(C)(C)C(=O)Nc1ccc2c(c1)C(=O)C(=O)c1ccc(N)cc1-2. The number of rotatable bonds is 1. The van der Waals surface area contributed by atoms with Gasteiger partial charge in [0.2, 0.25) is 17.5 Å². The zero-order valence-corrected chi connectivity index (χ0v) is 13.8. The number of nitrogens with two attached hydrogens (primary N) is 1. The van der Waals surface area contributed by atoms with Crippen molar-refractivity contribution in [2.45, 2.75) is 20.8 Å². The Bertz CT molecular complexity index is 892. The van der Waals surface area contributed by atoms with Crippen LogP contribution in [0, 0.1) is 5.41 Å². The number of benzene rings is 2. The molecule has 0 aromatic heterocycles. The molecular formula is C19H18N2O3. The first-order valence-corrected chi connectivity index (χ1v) is 7.63. The van der Waals surface area contributed by atoms with Gasteiger partial charge in [-0.3, -0.25) is 14.4 Å². The van der Waals surface area contributed by atoms with Crippen LogP contribution in [0.15, 0.2) is 36.4 Å². The lowest BCUT2D eigenvalue weighted by atomic mass is 9.83. The van der Waals surface area contributed by atoms with Crippen LogP contribution in [-0.2, 0) is 4.79 Å². The van der Waals surface area contributed by atoms with Crippen molar-refractivity contribution in [3.05, 3.63) is 47.5 Å². The molecule has 1 aliphatic carbocycles. The molecule has 2 aromatic rings. The van der Waals surface area contributed by atoms with Gasteiger partial charge >= 0.3 is 0 Å². The number of fused-ring (bicyclic) bond motifs is 3. The van der Waals surface area contributed by atoms with E-state index in [1.54, 1.807) is 57.2 Å². The summed E-state index contributed by atoms with van der Waals surface area (Å²) in [5.41, 5.74) is 8.19. The Labute approximate surface area is 139 Å². The van der Waals surface area contributed by atoms with E-state index in [-0.39, 0.29) is 11.5 Å². The fourth-order valence-electron chi connectivity index (χ4n) is 2.59. The summed E-state index contributed by atoms with van der Waals surface area (Å²) in [4.78, 5) is 36.8. The molecule has 0 heterocycles. The highest BCUT2D eigenvalue weighted by atomic mass is 16.2. The maximum atomic E-state index is 12.4. The van der Waals surface area contributed by atoms with Crippen molar-refractivity contribution in [3.8, 4) is 11.1 Å². The zero-order chi connectivity index (χ0) is 17.6. The van der Waals surface area contributed by atoms with E-state index >= 15 is 0 Å². The molecule has 1 aliphatic rings. The van der Waals surface area contributed by atoms with E-state index in [0.717, 1.165) is 0 Å². The first kappa shape index (κ1) is 15.9. The Morgan fingerprint density at radius 3 is 2.17 bits per heavy atom. The van der Waals surface area contributed by atoms with Gasteiger partial charge in [0, 0.05) is 27.9 Å². The van der Waals surface area contributed by atoms with Crippen molar-refractivity contribution in [3.63, 3.8) is 0 Å². The lowest BCUT2D eigenvalue weighted by Gasteiger charge is -2.21. The molecule has 24 heavy (non-hydrogen) atoms. The number of ketones is 2. The highest BCUT2D eigenvalue weighted by Crippen LogP contribution is 2.36. The molecule has 3 N–H and O–H groups in total. The number of carbonyl (C=O) groups excluding carboxylic acids is 3. The molecule has 0 fully saturated rings. The van der Waals surface area contributed by atoms with E-state index in [9.17, 15) is 14.4 Å². The molecule has 1 amide bonds. The second-order valence-corrected chi connectivity index (χ2v) is 6.93. The largest absolute Gasteiger partial charge is 0.399 e. The van der Waals surface area contributed by atoms with Crippen LogP contribution >= 0.6 is 0 Å². The number of Topliss-reactive ketones (excluding diaryl/α,β-unsaturated/α-hetero) is 2. The van der Waals surface area contributed by atoms with Gasteiger partial charge in [0.1, 0.15) is 0 Å². The number of hydrogen-bond acceptors (Lipinski definition) is 4. The third-order valence-electron chi connectivity index (χ3n) is 3.99. The smallest absolute Gasteiger partial charge is 0.234 e. The minimum atomic E-state index is -0.575. The van der Waals surface area contributed by atoms with Gasteiger partial charge in [0.25, 0.3) is 0 Å². The molecule has 0 unspecified atom stereocenters. The van der Waals surface area contributed by atoms with Crippen molar-refractivity contribution in [1.29, 1.82) is 0 Å². The average molecular weight is 322 g/mol. The summed E-state index contributed by atoms with van der Waals surface area (Å²) in [5.74, 6) is -1.30. The van der Waals surface area contributed by atoms with Crippen molar-refractivity contribution in [1.82, 2.24) is 0 Å². The summed E-state index contributed by atoms with van der Waals surface area (Å²) in [6, 6.07) is 9.86. The Morgan fingerprint density at radius 2 is 1.50 bits per heavy atom. The molecular weight excluding hydrogens is 304 g/mol. The third kappa shape index (κ3) is 2.58. The van der Waals surface area contributed by atoms with Gasteiger partial charge in [-0.05, 0) is 41.5 Å². The van der Waals surface area contributed by atoms with E-state index in [1.165, 1.54) is 0 Å². The van der Waals surface area contributed by atoms with Crippen LogP contribution in [0.2, 0.25) is 0 Å². The van der Waals surface area contributed by atoms with Gasteiger partial charge in [0.15, 0.2) is 0 Å². The van der Waals surface area contributed by atoms with E-state index in [4.69, 9.17) is 5.73 Å². The Balaban J connectivity index is 2.09. The van der Waals surface area contributed by atoms with E-state index in [1.807, 2.05) is 0 Å². The summed E-state index contributed by atoms with van der Waals surface area (Å²) in [6.45, 7) is 5.40. The minimum Gasteiger partial charge on any atom is -0.399 e. The molecule has 5 nitrogen and oxygen atoms in total.